The summed E-state index contributed by atoms with van der Waals surface area (Å²) in [6.45, 7) is 6.99. The number of hydrogen-bond donors (Lipinski definition) is 1. The van der Waals surface area contributed by atoms with Crippen molar-refractivity contribution in [3.05, 3.63) is 40.6 Å². The Morgan fingerprint density at radius 1 is 1.38 bits per heavy atom. The van der Waals surface area contributed by atoms with Gasteiger partial charge >= 0.3 is 0 Å². The minimum absolute atomic E-state index is 0.0445. The van der Waals surface area contributed by atoms with Gasteiger partial charge in [0.05, 0.1) is 4.92 Å². The summed E-state index contributed by atoms with van der Waals surface area (Å²) < 4.78 is 0. The molecule has 1 fully saturated rings. The third kappa shape index (κ3) is 2.31. The molecule has 0 unspecified atom stereocenters. The second kappa shape index (κ2) is 4.96. The van der Waals surface area contributed by atoms with Gasteiger partial charge in [0.2, 0.25) is 0 Å². The van der Waals surface area contributed by atoms with E-state index in [-0.39, 0.29) is 16.1 Å². The topological polar surface area (TPSA) is 71.3 Å². The Kier molecular flexibility index (Phi) is 3.25. The highest BCUT2D eigenvalue weighted by atomic mass is 16.6. The van der Waals surface area contributed by atoms with E-state index in [4.69, 9.17) is 0 Å². The average molecular weight is 286 g/mol. The first kappa shape index (κ1) is 13.8. The van der Waals surface area contributed by atoms with Crippen LogP contribution in [0.4, 0.5) is 11.4 Å². The number of hydrogen-bond acceptors (Lipinski definition) is 5. The lowest BCUT2D eigenvalue weighted by Crippen LogP contribution is -2.58. The Hall–Kier alpha value is -2.21. The highest BCUT2D eigenvalue weighted by Crippen LogP contribution is 2.35. The molecule has 6 nitrogen and oxygen atoms in total. The fourth-order valence-corrected chi connectivity index (χ4v) is 2.96. The number of nitrogens with one attached hydrogen (secondary N) is 1. The molecule has 1 aliphatic rings. The Morgan fingerprint density at radius 2 is 2.19 bits per heavy atom. The van der Waals surface area contributed by atoms with E-state index in [1.807, 2.05) is 18.2 Å². The van der Waals surface area contributed by atoms with Crippen LogP contribution in [-0.4, -0.2) is 35.1 Å². The first-order valence-electron chi connectivity index (χ1n) is 7.01. The Balaban J connectivity index is 2.20. The van der Waals surface area contributed by atoms with Gasteiger partial charge in [-0.25, -0.2) is 4.98 Å². The van der Waals surface area contributed by atoms with Gasteiger partial charge in [-0.2, -0.15) is 0 Å². The van der Waals surface area contributed by atoms with E-state index < -0.39 is 0 Å². The van der Waals surface area contributed by atoms with Gasteiger partial charge in [-0.05, 0) is 32.0 Å². The minimum Gasteiger partial charge on any atom is -0.363 e. The van der Waals surface area contributed by atoms with Crippen molar-refractivity contribution in [2.24, 2.45) is 0 Å². The summed E-state index contributed by atoms with van der Waals surface area (Å²) in [4.78, 5) is 17.3. The molecule has 1 aromatic heterocycles. The normalized spacial score (nSPS) is 17.9. The van der Waals surface area contributed by atoms with Gasteiger partial charge in [0.25, 0.3) is 5.69 Å². The number of nitro groups is 1. The lowest BCUT2D eigenvalue weighted by Gasteiger charge is -2.44. The average Bonchev–Trinajstić information content (AvgIpc) is 2.46. The Morgan fingerprint density at radius 3 is 2.90 bits per heavy atom. The second-order valence-electron chi connectivity index (χ2n) is 5.90. The van der Waals surface area contributed by atoms with Crippen LogP contribution in [-0.2, 0) is 0 Å². The van der Waals surface area contributed by atoms with Crippen LogP contribution in [0.1, 0.15) is 13.8 Å². The molecule has 0 saturated carbocycles. The molecule has 0 radical (unpaired) electrons. The molecular weight excluding hydrogens is 268 g/mol. The zero-order valence-corrected chi connectivity index (χ0v) is 12.2. The predicted molar refractivity (Wildman–Crippen MR) is 82.7 cm³/mol. The van der Waals surface area contributed by atoms with Crippen molar-refractivity contribution in [2.45, 2.75) is 19.4 Å². The minimum atomic E-state index is -0.373. The summed E-state index contributed by atoms with van der Waals surface area (Å²) in [5.41, 5.74) is 1.48. The van der Waals surface area contributed by atoms with Gasteiger partial charge in [-0.1, -0.05) is 0 Å². The molecule has 0 spiro atoms. The van der Waals surface area contributed by atoms with Gasteiger partial charge in [0.1, 0.15) is 5.52 Å². The van der Waals surface area contributed by atoms with Crippen LogP contribution < -0.4 is 10.2 Å². The number of aromatic nitrogens is 1. The van der Waals surface area contributed by atoms with Crippen LogP contribution in [0.2, 0.25) is 0 Å². The molecule has 2 heterocycles. The number of benzene rings is 1. The largest absolute Gasteiger partial charge is 0.363 e. The van der Waals surface area contributed by atoms with Crippen LogP contribution >= 0.6 is 0 Å². The van der Waals surface area contributed by atoms with Crippen molar-refractivity contribution in [2.75, 3.05) is 24.5 Å². The molecule has 1 saturated heterocycles. The summed E-state index contributed by atoms with van der Waals surface area (Å²) in [6.07, 6.45) is 1.60. The number of pyridine rings is 1. The highest BCUT2D eigenvalue weighted by molar-refractivity contribution is 5.97. The van der Waals surface area contributed by atoms with E-state index >= 15 is 0 Å². The maximum absolute atomic E-state index is 11.2. The zero-order chi connectivity index (χ0) is 15.0. The smallest absolute Gasteiger partial charge is 0.295 e. The van der Waals surface area contributed by atoms with Crippen LogP contribution in [0.3, 0.4) is 0 Å². The molecule has 0 atom stereocenters. The maximum atomic E-state index is 11.2. The summed E-state index contributed by atoms with van der Waals surface area (Å²) >= 11 is 0. The van der Waals surface area contributed by atoms with Gasteiger partial charge in [0, 0.05) is 48.5 Å². The van der Waals surface area contributed by atoms with E-state index in [0.717, 1.165) is 30.7 Å². The molecule has 0 amide bonds. The molecule has 6 heteroatoms. The number of nitro benzene ring substituents is 1. The molecular formula is C15H18N4O2. The first-order chi connectivity index (χ1) is 10.0. The number of nitrogens with zero attached hydrogens (tertiary/aromatic N) is 3. The molecule has 110 valence electrons. The number of anilines is 1. The molecule has 21 heavy (non-hydrogen) atoms. The van der Waals surface area contributed by atoms with E-state index in [0.29, 0.717) is 5.52 Å². The van der Waals surface area contributed by atoms with E-state index in [2.05, 4.69) is 29.0 Å². The maximum Gasteiger partial charge on any atom is 0.295 e. The lowest BCUT2D eigenvalue weighted by molar-refractivity contribution is -0.383. The van der Waals surface area contributed by atoms with Gasteiger partial charge in [0.15, 0.2) is 0 Å². The molecule has 0 bridgehead atoms. The van der Waals surface area contributed by atoms with Gasteiger partial charge in [-0.3, -0.25) is 10.1 Å². The molecule has 0 aliphatic carbocycles. The quantitative estimate of drug-likeness (QED) is 0.677. The summed E-state index contributed by atoms with van der Waals surface area (Å²) in [5, 5.41) is 15.4. The van der Waals surface area contributed by atoms with Crippen LogP contribution in [0.25, 0.3) is 10.9 Å². The SMILES string of the molecule is CC1(C)CNCCN1c1ccc([N+](=O)[O-])c2ncccc12. The van der Waals surface area contributed by atoms with Crippen molar-refractivity contribution >= 4 is 22.3 Å². The first-order valence-corrected chi connectivity index (χ1v) is 7.01. The highest BCUT2D eigenvalue weighted by Gasteiger charge is 2.31. The van der Waals surface area contributed by atoms with Crippen molar-refractivity contribution < 1.29 is 4.92 Å². The standard InChI is InChI=1S/C15H18N4O2/c1-15(2)10-16-8-9-18(15)12-5-6-13(19(20)21)14-11(12)4-3-7-17-14/h3-7,16H,8-10H2,1-2H3. The summed E-state index contributed by atoms with van der Waals surface area (Å²) in [6, 6.07) is 7.13. The third-order valence-corrected chi connectivity index (χ3v) is 4.01. The number of piperazine rings is 1. The van der Waals surface area contributed by atoms with Crippen LogP contribution in [0, 0.1) is 10.1 Å². The zero-order valence-electron chi connectivity index (χ0n) is 12.2. The summed E-state index contributed by atoms with van der Waals surface area (Å²) in [7, 11) is 0. The van der Waals surface area contributed by atoms with Gasteiger partial charge < -0.3 is 10.2 Å². The van der Waals surface area contributed by atoms with Crippen LogP contribution in [0.15, 0.2) is 30.5 Å². The predicted octanol–water partition coefficient (Wildman–Crippen LogP) is 2.33. The molecule has 2 aromatic rings. The third-order valence-electron chi connectivity index (χ3n) is 4.01. The number of non-ortho nitro benzene ring substituents is 1. The Labute approximate surface area is 122 Å². The fraction of sp³-hybridized carbons (Fsp3) is 0.400. The van der Waals surface area contributed by atoms with E-state index in [1.165, 1.54) is 0 Å². The molecule has 3 rings (SSSR count). The van der Waals surface area contributed by atoms with Gasteiger partial charge in [-0.15, -0.1) is 0 Å². The molecule has 1 N–H and O–H groups in total. The lowest BCUT2D eigenvalue weighted by atomic mass is 9.97. The van der Waals surface area contributed by atoms with E-state index in [9.17, 15) is 10.1 Å². The number of fused-ring (bicyclic) bond motifs is 1. The second-order valence-corrected chi connectivity index (χ2v) is 5.90. The van der Waals surface area contributed by atoms with Crippen molar-refractivity contribution in [3.8, 4) is 0 Å². The summed E-state index contributed by atoms with van der Waals surface area (Å²) in [5.74, 6) is 0. The van der Waals surface area contributed by atoms with E-state index in [1.54, 1.807) is 12.3 Å². The number of rotatable bonds is 2. The molecule has 1 aliphatic heterocycles. The van der Waals surface area contributed by atoms with Crippen molar-refractivity contribution in [1.82, 2.24) is 10.3 Å². The van der Waals surface area contributed by atoms with Crippen molar-refractivity contribution in [3.63, 3.8) is 0 Å². The fourth-order valence-electron chi connectivity index (χ4n) is 2.96. The monoisotopic (exact) mass is 286 g/mol. The van der Waals surface area contributed by atoms with Crippen LogP contribution in [0.5, 0.6) is 0 Å². The van der Waals surface area contributed by atoms with Crippen molar-refractivity contribution in [1.29, 1.82) is 0 Å². The molecule has 1 aromatic carbocycles. The Bertz CT molecular complexity index is 699.